The van der Waals surface area contributed by atoms with Gasteiger partial charge in [-0.25, -0.2) is 14.5 Å². The molecule has 0 fully saturated rings. The maximum atomic E-state index is 11.4. The van der Waals surface area contributed by atoms with E-state index in [0.717, 1.165) is 10.7 Å². The highest BCUT2D eigenvalue weighted by Gasteiger charge is 2.10. The second kappa shape index (κ2) is 3.82. The summed E-state index contributed by atoms with van der Waals surface area (Å²) in [5.41, 5.74) is -0.686. The molecule has 0 unspecified atom stereocenters. The maximum Gasteiger partial charge on any atom is 0.353 e. The summed E-state index contributed by atoms with van der Waals surface area (Å²) in [6.07, 6.45) is 1.37. The van der Waals surface area contributed by atoms with E-state index >= 15 is 0 Å². The number of aromatic amines is 1. The molecular formula is C9H6ClN3O3. The summed E-state index contributed by atoms with van der Waals surface area (Å²) in [4.78, 5) is 25.9. The van der Waals surface area contributed by atoms with Gasteiger partial charge in [0.1, 0.15) is 5.69 Å². The molecule has 0 radical (unpaired) electrons. The van der Waals surface area contributed by atoms with E-state index in [0.29, 0.717) is 5.02 Å². The molecule has 6 nitrogen and oxygen atoms in total. The van der Waals surface area contributed by atoms with Gasteiger partial charge in [-0.2, -0.15) is 0 Å². The van der Waals surface area contributed by atoms with Crippen LogP contribution in [0.2, 0.25) is 5.02 Å². The monoisotopic (exact) mass is 239 g/mol. The highest BCUT2D eigenvalue weighted by molar-refractivity contribution is 6.30. The van der Waals surface area contributed by atoms with Crippen LogP contribution in [0.1, 0.15) is 10.5 Å². The zero-order chi connectivity index (χ0) is 11.7. The first-order valence-corrected chi connectivity index (χ1v) is 4.63. The van der Waals surface area contributed by atoms with Gasteiger partial charge >= 0.3 is 5.97 Å². The van der Waals surface area contributed by atoms with Crippen LogP contribution in [0, 0.1) is 0 Å². The van der Waals surface area contributed by atoms with Gasteiger partial charge in [0.2, 0.25) is 0 Å². The van der Waals surface area contributed by atoms with Crippen molar-refractivity contribution >= 4 is 17.6 Å². The number of H-pyrrole nitrogens is 1. The number of halogens is 1. The standard InChI is InChI=1S/C9H6ClN3O3/c10-5-1-2-7(11-4-5)13-8(14)3-6(12-13)9(15)16/h1-4,12H,(H,15,16). The topological polar surface area (TPSA) is 88.0 Å². The van der Waals surface area contributed by atoms with Crippen LogP contribution < -0.4 is 5.56 Å². The Kier molecular flexibility index (Phi) is 2.49. The number of aromatic carboxylic acids is 1. The van der Waals surface area contributed by atoms with Crippen LogP contribution in [0.15, 0.2) is 29.2 Å². The second-order valence-electron chi connectivity index (χ2n) is 2.98. The molecule has 2 aromatic heterocycles. The summed E-state index contributed by atoms with van der Waals surface area (Å²) < 4.78 is 1.03. The van der Waals surface area contributed by atoms with E-state index in [1.54, 1.807) is 6.07 Å². The van der Waals surface area contributed by atoms with Crippen LogP contribution in [-0.4, -0.2) is 25.8 Å². The first-order valence-electron chi connectivity index (χ1n) is 4.25. The molecule has 0 aliphatic carbocycles. The molecule has 0 aromatic carbocycles. The molecular weight excluding hydrogens is 234 g/mol. The Hall–Kier alpha value is -2.08. The number of nitrogens with one attached hydrogen (secondary N) is 1. The van der Waals surface area contributed by atoms with Gasteiger partial charge < -0.3 is 5.11 Å². The van der Waals surface area contributed by atoms with Crippen molar-refractivity contribution in [2.24, 2.45) is 0 Å². The molecule has 82 valence electrons. The predicted molar refractivity (Wildman–Crippen MR) is 56.2 cm³/mol. The van der Waals surface area contributed by atoms with E-state index in [4.69, 9.17) is 16.7 Å². The molecule has 0 aliphatic rings. The van der Waals surface area contributed by atoms with Crippen molar-refractivity contribution < 1.29 is 9.90 Å². The smallest absolute Gasteiger partial charge is 0.353 e. The number of pyridine rings is 1. The van der Waals surface area contributed by atoms with Crippen LogP contribution in [0.5, 0.6) is 0 Å². The Morgan fingerprint density at radius 3 is 2.75 bits per heavy atom. The maximum absolute atomic E-state index is 11.4. The highest BCUT2D eigenvalue weighted by Crippen LogP contribution is 2.07. The molecule has 7 heteroatoms. The molecule has 2 heterocycles. The Bertz CT molecular complexity index is 585. The molecule has 16 heavy (non-hydrogen) atoms. The summed E-state index contributed by atoms with van der Waals surface area (Å²) in [5, 5.41) is 11.5. The third-order valence-corrected chi connectivity index (χ3v) is 2.12. The fraction of sp³-hybridized carbons (Fsp3) is 0. The predicted octanol–water partition coefficient (Wildman–Crippen LogP) is 0.912. The normalized spacial score (nSPS) is 10.3. The van der Waals surface area contributed by atoms with Gasteiger partial charge in [0.25, 0.3) is 5.56 Å². The van der Waals surface area contributed by atoms with Gasteiger partial charge in [0.15, 0.2) is 5.82 Å². The van der Waals surface area contributed by atoms with Crippen molar-refractivity contribution in [1.82, 2.24) is 14.8 Å². The van der Waals surface area contributed by atoms with E-state index in [1.807, 2.05) is 0 Å². The van der Waals surface area contributed by atoms with Gasteiger partial charge in [-0.3, -0.25) is 9.89 Å². The SMILES string of the molecule is O=C(O)c1cc(=O)n(-c2ccc(Cl)cn2)[nH]1. The number of carboxylic acids is 1. The zero-order valence-corrected chi connectivity index (χ0v) is 8.60. The molecule has 2 rings (SSSR count). The summed E-state index contributed by atoms with van der Waals surface area (Å²) in [6.45, 7) is 0. The van der Waals surface area contributed by atoms with E-state index in [9.17, 15) is 9.59 Å². The Labute approximate surface area is 94.1 Å². The Morgan fingerprint density at radius 2 is 2.25 bits per heavy atom. The van der Waals surface area contributed by atoms with E-state index in [-0.39, 0.29) is 11.5 Å². The van der Waals surface area contributed by atoms with Crippen molar-refractivity contribution in [3.05, 3.63) is 45.5 Å². The second-order valence-corrected chi connectivity index (χ2v) is 3.42. The minimum Gasteiger partial charge on any atom is -0.477 e. The number of rotatable bonds is 2. The number of nitrogens with zero attached hydrogens (tertiary/aromatic N) is 2. The van der Waals surface area contributed by atoms with Crippen LogP contribution in [-0.2, 0) is 0 Å². The average molecular weight is 240 g/mol. The molecule has 0 saturated heterocycles. The van der Waals surface area contributed by atoms with Crippen molar-refractivity contribution in [1.29, 1.82) is 0 Å². The van der Waals surface area contributed by atoms with Crippen molar-refractivity contribution in [3.63, 3.8) is 0 Å². The van der Waals surface area contributed by atoms with E-state index in [2.05, 4.69) is 10.1 Å². The zero-order valence-electron chi connectivity index (χ0n) is 7.85. The molecule has 0 aliphatic heterocycles. The summed E-state index contributed by atoms with van der Waals surface area (Å²) in [7, 11) is 0. The summed E-state index contributed by atoms with van der Waals surface area (Å²) >= 11 is 5.64. The summed E-state index contributed by atoms with van der Waals surface area (Å²) in [5.74, 6) is -0.924. The van der Waals surface area contributed by atoms with Gasteiger partial charge in [0.05, 0.1) is 5.02 Å². The minimum atomic E-state index is -1.20. The van der Waals surface area contributed by atoms with Gasteiger partial charge in [-0.05, 0) is 12.1 Å². The largest absolute Gasteiger partial charge is 0.477 e. The third-order valence-electron chi connectivity index (χ3n) is 1.89. The molecule has 0 amide bonds. The number of carboxylic acid groups (broad SMARTS) is 1. The first-order chi connectivity index (χ1) is 7.58. The van der Waals surface area contributed by atoms with Crippen molar-refractivity contribution in [2.75, 3.05) is 0 Å². The average Bonchev–Trinajstić information content (AvgIpc) is 2.62. The first kappa shape index (κ1) is 10.4. The van der Waals surface area contributed by atoms with Gasteiger partial charge in [-0.15, -0.1) is 0 Å². The van der Waals surface area contributed by atoms with Crippen LogP contribution in [0.25, 0.3) is 5.82 Å². The lowest BCUT2D eigenvalue weighted by atomic mass is 10.4. The Balaban J connectivity index is 2.52. The molecule has 0 spiro atoms. The van der Waals surface area contributed by atoms with E-state index in [1.165, 1.54) is 12.3 Å². The van der Waals surface area contributed by atoms with Gasteiger partial charge in [-0.1, -0.05) is 11.6 Å². The third kappa shape index (κ3) is 1.82. The quantitative estimate of drug-likeness (QED) is 0.815. The Morgan fingerprint density at radius 1 is 1.50 bits per heavy atom. The number of hydrogen-bond donors (Lipinski definition) is 2. The molecule has 0 saturated carbocycles. The van der Waals surface area contributed by atoms with E-state index < -0.39 is 11.5 Å². The molecule has 2 N–H and O–H groups in total. The minimum absolute atomic E-state index is 0.193. The van der Waals surface area contributed by atoms with Crippen LogP contribution >= 0.6 is 11.6 Å². The molecule has 2 aromatic rings. The fourth-order valence-electron chi connectivity index (χ4n) is 1.18. The van der Waals surface area contributed by atoms with Gasteiger partial charge in [0, 0.05) is 12.3 Å². The summed E-state index contributed by atoms with van der Waals surface area (Å²) in [6, 6.07) is 4.04. The fourth-order valence-corrected chi connectivity index (χ4v) is 1.29. The van der Waals surface area contributed by atoms with Crippen LogP contribution in [0.3, 0.4) is 0 Å². The number of hydrogen-bond acceptors (Lipinski definition) is 3. The molecule has 0 bridgehead atoms. The van der Waals surface area contributed by atoms with Crippen LogP contribution in [0.4, 0.5) is 0 Å². The lowest BCUT2D eigenvalue weighted by Crippen LogP contribution is -2.14. The van der Waals surface area contributed by atoms with Crippen molar-refractivity contribution in [2.45, 2.75) is 0 Å². The van der Waals surface area contributed by atoms with Crippen molar-refractivity contribution in [3.8, 4) is 5.82 Å². The number of carbonyl (C=O) groups is 1. The lowest BCUT2D eigenvalue weighted by Gasteiger charge is -1.99. The number of aromatic nitrogens is 3. The highest BCUT2D eigenvalue weighted by atomic mass is 35.5. The molecule has 0 atom stereocenters. The lowest BCUT2D eigenvalue weighted by molar-refractivity contribution is 0.0690.